The summed E-state index contributed by atoms with van der Waals surface area (Å²) in [4.78, 5) is 10.5. The molecule has 17 heavy (non-hydrogen) atoms. The van der Waals surface area contributed by atoms with Gasteiger partial charge in [0.1, 0.15) is 6.61 Å². The maximum absolute atomic E-state index is 13.3. The van der Waals surface area contributed by atoms with Gasteiger partial charge in [-0.15, -0.1) is 0 Å². The topological polar surface area (TPSA) is 80.7 Å². The molecule has 1 aromatic rings. The second kappa shape index (κ2) is 5.13. The van der Waals surface area contributed by atoms with Gasteiger partial charge < -0.3 is 9.84 Å². The lowest BCUT2D eigenvalue weighted by Crippen LogP contribution is -2.12. The molecular formula is C10H11FO5S. The molecule has 7 heteroatoms. The number of rotatable bonds is 5. The monoisotopic (exact) mass is 262 g/mol. The van der Waals surface area contributed by atoms with Crippen molar-refractivity contribution in [2.45, 2.75) is 0 Å². The molecule has 0 atom stereocenters. The summed E-state index contributed by atoms with van der Waals surface area (Å²) in [5.41, 5.74) is -0.196. The minimum absolute atomic E-state index is 0.168. The van der Waals surface area contributed by atoms with Gasteiger partial charge in [0.25, 0.3) is 0 Å². The summed E-state index contributed by atoms with van der Waals surface area (Å²) in [7, 11) is -3.17. The molecule has 0 fully saturated rings. The number of hydrogen-bond acceptors (Lipinski definition) is 4. The predicted octanol–water partition coefficient (Wildman–Crippen LogP) is 0.947. The van der Waals surface area contributed by atoms with E-state index in [2.05, 4.69) is 0 Å². The molecule has 0 saturated carbocycles. The normalized spacial score (nSPS) is 11.2. The van der Waals surface area contributed by atoms with Gasteiger partial charge in [0.15, 0.2) is 21.4 Å². The zero-order chi connectivity index (χ0) is 13.1. The highest BCUT2D eigenvalue weighted by atomic mass is 32.2. The van der Waals surface area contributed by atoms with Crippen LogP contribution in [0.25, 0.3) is 0 Å². The quantitative estimate of drug-likeness (QED) is 0.854. The van der Waals surface area contributed by atoms with Gasteiger partial charge >= 0.3 is 5.97 Å². The molecule has 1 N–H and O–H groups in total. The number of aromatic carboxylic acids is 1. The third-order valence-electron chi connectivity index (χ3n) is 1.89. The van der Waals surface area contributed by atoms with Gasteiger partial charge in [-0.05, 0) is 18.2 Å². The van der Waals surface area contributed by atoms with E-state index >= 15 is 0 Å². The summed E-state index contributed by atoms with van der Waals surface area (Å²) in [5, 5.41) is 8.60. The van der Waals surface area contributed by atoms with Gasteiger partial charge in [-0.3, -0.25) is 0 Å². The maximum atomic E-state index is 13.3. The second-order valence-corrected chi connectivity index (χ2v) is 5.69. The van der Waals surface area contributed by atoms with E-state index in [9.17, 15) is 17.6 Å². The van der Waals surface area contributed by atoms with Crippen molar-refractivity contribution in [2.75, 3.05) is 18.6 Å². The van der Waals surface area contributed by atoms with Crippen molar-refractivity contribution in [3.63, 3.8) is 0 Å². The van der Waals surface area contributed by atoms with Crippen molar-refractivity contribution in [3.8, 4) is 5.75 Å². The number of carboxylic acids is 1. The van der Waals surface area contributed by atoms with Crippen LogP contribution >= 0.6 is 0 Å². The summed E-state index contributed by atoms with van der Waals surface area (Å²) in [5.74, 6) is -2.48. The molecule has 0 amide bonds. The number of ether oxygens (including phenoxy) is 1. The highest BCUT2D eigenvalue weighted by Gasteiger charge is 2.10. The van der Waals surface area contributed by atoms with Crippen LogP contribution in [0.15, 0.2) is 18.2 Å². The molecular weight excluding hydrogens is 251 g/mol. The first-order valence-corrected chi connectivity index (χ1v) is 6.69. The molecule has 0 unspecified atom stereocenters. The number of carbonyl (C=O) groups is 1. The summed E-state index contributed by atoms with van der Waals surface area (Å²) >= 11 is 0. The molecule has 94 valence electrons. The van der Waals surface area contributed by atoms with Gasteiger partial charge in [-0.1, -0.05) is 0 Å². The summed E-state index contributed by atoms with van der Waals surface area (Å²) in [6.07, 6.45) is 1.04. The number of carboxylic acid groups (broad SMARTS) is 1. The lowest BCUT2D eigenvalue weighted by Gasteiger charge is -2.06. The van der Waals surface area contributed by atoms with Crippen LogP contribution in [0.3, 0.4) is 0 Å². The lowest BCUT2D eigenvalue weighted by molar-refractivity contribution is 0.0696. The third-order valence-corrected chi connectivity index (χ3v) is 2.80. The number of sulfone groups is 1. The van der Waals surface area contributed by atoms with Gasteiger partial charge in [0.05, 0.1) is 11.3 Å². The Morgan fingerprint density at radius 1 is 1.47 bits per heavy atom. The van der Waals surface area contributed by atoms with E-state index in [0.717, 1.165) is 18.4 Å². The van der Waals surface area contributed by atoms with Crippen LogP contribution < -0.4 is 4.74 Å². The van der Waals surface area contributed by atoms with E-state index in [4.69, 9.17) is 9.84 Å². The molecule has 0 bridgehead atoms. The van der Waals surface area contributed by atoms with Crippen molar-refractivity contribution in [2.24, 2.45) is 0 Å². The minimum Gasteiger partial charge on any atom is -0.489 e. The molecule has 0 aromatic heterocycles. The summed E-state index contributed by atoms with van der Waals surface area (Å²) < 4.78 is 39.8. The van der Waals surface area contributed by atoms with Gasteiger partial charge in [-0.25, -0.2) is 17.6 Å². The molecule has 0 heterocycles. The molecule has 0 spiro atoms. The fourth-order valence-corrected chi connectivity index (χ4v) is 1.44. The smallest absolute Gasteiger partial charge is 0.335 e. The zero-order valence-corrected chi connectivity index (χ0v) is 9.83. The molecule has 0 aliphatic heterocycles. The van der Waals surface area contributed by atoms with Gasteiger partial charge in [-0.2, -0.15) is 0 Å². The van der Waals surface area contributed by atoms with E-state index in [0.29, 0.717) is 0 Å². The van der Waals surface area contributed by atoms with E-state index in [1.54, 1.807) is 0 Å². The Kier molecular flexibility index (Phi) is 4.06. The van der Waals surface area contributed by atoms with Crippen LogP contribution in [0.5, 0.6) is 5.75 Å². The average molecular weight is 262 g/mol. The Balaban J connectivity index is 2.70. The number of benzene rings is 1. The van der Waals surface area contributed by atoms with E-state index in [1.807, 2.05) is 0 Å². The van der Waals surface area contributed by atoms with Crippen molar-refractivity contribution in [1.82, 2.24) is 0 Å². The van der Waals surface area contributed by atoms with Crippen molar-refractivity contribution in [3.05, 3.63) is 29.6 Å². The van der Waals surface area contributed by atoms with E-state index < -0.39 is 21.6 Å². The highest BCUT2D eigenvalue weighted by Crippen LogP contribution is 2.18. The number of halogens is 1. The Labute approximate surface area is 97.8 Å². The van der Waals surface area contributed by atoms with Crippen LogP contribution in [-0.4, -0.2) is 38.1 Å². The first-order chi connectivity index (χ1) is 7.79. The minimum atomic E-state index is -3.17. The molecule has 5 nitrogen and oxygen atoms in total. The van der Waals surface area contributed by atoms with Crippen molar-refractivity contribution in [1.29, 1.82) is 0 Å². The van der Waals surface area contributed by atoms with Crippen molar-refractivity contribution < 1.29 is 27.4 Å². The fraction of sp³-hybridized carbons (Fsp3) is 0.300. The van der Waals surface area contributed by atoms with Crippen LogP contribution in [0.2, 0.25) is 0 Å². The highest BCUT2D eigenvalue weighted by molar-refractivity contribution is 7.90. The Hall–Kier alpha value is -1.63. The average Bonchev–Trinajstić information content (AvgIpc) is 2.18. The molecule has 0 radical (unpaired) electrons. The van der Waals surface area contributed by atoms with Crippen LogP contribution in [-0.2, 0) is 9.84 Å². The Morgan fingerprint density at radius 2 is 2.12 bits per heavy atom. The van der Waals surface area contributed by atoms with Gasteiger partial charge in [0, 0.05) is 6.26 Å². The molecule has 0 aliphatic rings. The lowest BCUT2D eigenvalue weighted by atomic mass is 10.2. The second-order valence-electron chi connectivity index (χ2n) is 3.43. The van der Waals surface area contributed by atoms with Crippen LogP contribution in [0, 0.1) is 5.82 Å². The van der Waals surface area contributed by atoms with E-state index in [1.165, 1.54) is 6.07 Å². The largest absolute Gasteiger partial charge is 0.489 e. The first kappa shape index (κ1) is 13.4. The van der Waals surface area contributed by atoms with Gasteiger partial charge in [0.2, 0.25) is 0 Å². The molecule has 1 aromatic carbocycles. The summed E-state index contributed by atoms with van der Waals surface area (Å²) in [6.45, 7) is -0.178. The van der Waals surface area contributed by atoms with Crippen LogP contribution in [0.1, 0.15) is 10.4 Å². The standard InChI is InChI=1S/C10H11FO5S/c1-17(14,15)5-4-16-9-3-2-7(10(12)13)6-8(9)11/h2-3,6H,4-5H2,1H3,(H,12,13). The Bertz CT molecular complexity index is 523. The predicted molar refractivity (Wildman–Crippen MR) is 58.6 cm³/mol. The fourth-order valence-electron chi connectivity index (χ4n) is 1.05. The molecule has 0 aliphatic carbocycles. The third kappa shape index (κ3) is 4.39. The Morgan fingerprint density at radius 3 is 2.59 bits per heavy atom. The maximum Gasteiger partial charge on any atom is 0.335 e. The van der Waals surface area contributed by atoms with Crippen molar-refractivity contribution >= 4 is 15.8 Å². The molecule has 1 rings (SSSR count). The first-order valence-electron chi connectivity index (χ1n) is 4.63. The van der Waals surface area contributed by atoms with Crippen LogP contribution in [0.4, 0.5) is 4.39 Å². The SMILES string of the molecule is CS(=O)(=O)CCOc1ccc(C(=O)O)cc1F. The number of hydrogen-bond donors (Lipinski definition) is 1. The summed E-state index contributed by atoms with van der Waals surface area (Å²) in [6, 6.07) is 3.15. The van der Waals surface area contributed by atoms with E-state index in [-0.39, 0.29) is 23.7 Å². The molecule has 0 saturated heterocycles. The zero-order valence-electron chi connectivity index (χ0n) is 9.01.